The van der Waals surface area contributed by atoms with Gasteiger partial charge in [0.05, 0.1) is 5.52 Å². The van der Waals surface area contributed by atoms with Gasteiger partial charge in [-0.2, -0.15) is 0 Å². The summed E-state index contributed by atoms with van der Waals surface area (Å²) in [5, 5.41) is 8.55. The van der Waals surface area contributed by atoms with E-state index < -0.39 is 0 Å². The van der Waals surface area contributed by atoms with E-state index in [9.17, 15) is 0 Å². The summed E-state index contributed by atoms with van der Waals surface area (Å²) in [6.45, 7) is 0. The van der Waals surface area contributed by atoms with Crippen LogP contribution in [0.3, 0.4) is 0 Å². The van der Waals surface area contributed by atoms with Crippen molar-refractivity contribution in [2.45, 2.75) is 0 Å². The number of benzene rings is 2. The van der Waals surface area contributed by atoms with E-state index >= 15 is 0 Å². The van der Waals surface area contributed by atoms with Crippen molar-refractivity contribution < 1.29 is 4.74 Å². The van der Waals surface area contributed by atoms with Gasteiger partial charge >= 0.3 is 0 Å². The highest BCUT2D eigenvalue weighted by molar-refractivity contribution is 9.10. The number of rotatable bonds is 3. The number of hydrogen-bond acceptors (Lipinski definition) is 3. The highest BCUT2D eigenvalue weighted by Crippen LogP contribution is 2.26. The molecule has 1 aromatic heterocycles. The van der Waals surface area contributed by atoms with E-state index in [-0.39, 0.29) is 5.84 Å². The summed E-state index contributed by atoms with van der Waals surface area (Å²) in [4.78, 5) is 4.45. The molecule has 21 heavy (non-hydrogen) atoms. The van der Waals surface area contributed by atoms with Crippen molar-refractivity contribution in [3.8, 4) is 11.6 Å². The minimum absolute atomic E-state index is 0.00532. The largest absolute Gasteiger partial charge is 0.439 e. The smallest absolute Gasteiger partial charge is 0.220 e. The standard InChI is InChI=1S/C16H12BrN3O/c17-10-5-7-11(8-6-10)21-15-9-13(16(18)19)12-3-1-2-4-14(12)20-15/h1-9H,(H3,18,19). The van der Waals surface area contributed by atoms with Crippen molar-refractivity contribution in [2.75, 3.05) is 0 Å². The van der Waals surface area contributed by atoms with Gasteiger partial charge in [-0.05, 0) is 30.3 Å². The number of fused-ring (bicyclic) bond motifs is 1. The molecule has 104 valence electrons. The molecule has 0 saturated heterocycles. The lowest BCUT2D eigenvalue weighted by Gasteiger charge is -2.09. The number of hydrogen-bond donors (Lipinski definition) is 2. The van der Waals surface area contributed by atoms with Gasteiger partial charge in [0.25, 0.3) is 0 Å². The van der Waals surface area contributed by atoms with Crippen molar-refractivity contribution in [1.29, 1.82) is 5.41 Å². The van der Waals surface area contributed by atoms with Gasteiger partial charge in [-0.3, -0.25) is 5.41 Å². The highest BCUT2D eigenvalue weighted by atomic mass is 79.9. The highest BCUT2D eigenvalue weighted by Gasteiger charge is 2.09. The Kier molecular flexibility index (Phi) is 3.58. The molecule has 0 unspecified atom stereocenters. The average Bonchev–Trinajstić information content (AvgIpc) is 2.48. The summed E-state index contributed by atoms with van der Waals surface area (Å²) in [5.74, 6) is 1.09. The fourth-order valence-electron chi connectivity index (χ4n) is 2.05. The van der Waals surface area contributed by atoms with E-state index in [4.69, 9.17) is 15.9 Å². The molecule has 3 rings (SSSR count). The third kappa shape index (κ3) is 2.87. The number of nitrogens with zero attached hydrogens (tertiary/aromatic N) is 1. The van der Waals surface area contributed by atoms with Gasteiger partial charge < -0.3 is 10.5 Å². The Morgan fingerprint density at radius 3 is 2.52 bits per heavy atom. The maximum absolute atomic E-state index is 7.71. The summed E-state index contributed by atoms with van der Waals surface area (Å²) < 4.78 is 6.73. The van der Waals surface area contributed by atoms with E-state index in [0.29, 0.717) is 17.2 Å². The molecule has 0 spiro atoms. The molecule has 0 aliphatic carbocycles. The molecule has 0 aliphatic rings. The van der Waals surface area contributed by atoms with Crippen molar-refractivity contribution in [2.24, 2.45) is 5.73 Å². The van der Waals surface area contributed by atoms with Gasteiger partial charge in [-0.1, -0.05) is 34.1 Å². The van der Waals surface area contributed by atoms with Gasteiger partial charge in [0.2, 0.25) is 5.88 Å². The van der Waals surface area contributed by atoms with Crippen LogP contribution in [0.25, 0.3) is 10.9 Å². The fourth-order valence-corrected chi connectivity index (χ4v) is 2.31. The number of halogens is 1. The number of pyridine rings is 1. The number of aromatic nitrogens is 1. The molecule has 2 aromatic carbocycles. The number of ether oxygens (including phenoxy) is 1. The molecule has 0 bridgehead atoms. The fraction of sp³-hybridized carbons (Fsp3) is 0. The monoisotopic (exact) mass is 341 g/mol. The predicted molar refractivity (Wildman–Crippen MR) is 87.0 cm³/mol. The molecule has 0 amide bonds. The molecule has 1 heterocycles. The second-order valence-corrected chi connectivity index (χ2v) is 5.41. The van der Waals surface area contributed by atoms with Crippen LogP contribution in [0, 0.1) is 5.41 Å². The Morgan fingerprint density at radius 1 is 1.10 bits per heavy atom. The Bertz CT molecular complexity index is 815. The van der Waals surface area contributed by atoms with Gasteiger partial charge in [0.1, 0.15) is 11.6 Å². The zero-order chi connectivity index (χ0) is 14.8. The van der Waals surface area contributed by atoms with Crippen LogP contribution in [0.15, 0.2) is 59.1 Å². The van der Waals surface area contributed by atoms with Gasteiger partial charge in [-0.25, -0.2) is 4.98 Å². The number of para-hydroxylation sites is 1. The number of nitrogen functional groups attached to an aromatic ring is 1. The normalized spacial score (nSPS) is 10.5. The Morgan fingerprint density at radius 2 is 1.81 bits per heavy atom. The molecule has 3 N–H and O–H groups in total. The first-order chi connectivity index (χ1) is 10.1. The zero-order valence-corrected chi connectivity index (χ0v) is 12.6. The van der Waals surface area contributed by atoms with Crippen LogP contribution in [0.4, 0.5) is 0 Å². The SMILES string of the molecule is N=C(N)c1cc(Oc2ccc(Br)cc2)nc2ccccc12. The number of nitrogens with two attached hydrogens (primary N) is 1. The third-order valence-electron chi connectivity index (χ3n) is 3.02. The minimum Gasteiger partial charge on any atom is -0.439 e. The van der Waals surface area contributed by atoms with E-state index in [0.717, 1.165) is 15.4 Å². The molecule has 0 atom stereocenters. The molecular weight excluding hydrogens is 330 g/mol. The lowest BCUT2D eigenvalue weighted by Crippen LogP contribution is -2.12. The third-order valence-corrected chi connectivity index (χ3v) is 3.55. The molecule has 0 fully saturated rings. The topological polar surface area (TPSA) is 72.0 Å². The van der Waals surface area contributed by atoms with Gasteiger partial charge in [0.15, 0.2) is 0 Å². The Balaban J connectivity index is 2.06. The van der Waals surface area contributed by atoms with E-state index in [1.807, 2.05) is 48.5 Å². The average molecular weight is 342 g/mol. The first kappa shape index (κ1) is 13.6. The molecular formula is C16H12BrN3O. The lowest BCUT2D eigenvalue weighted by molar-refractivity contribution is 0.465. The second-order valence-electron chi connectivity index (χ2n) is 4.49. The summed E-state index contributed by atoms with van der Waals surface area (Å²) >= 11 is 3.38. The summed E-state index contributed by atoms with van der Waals surface area (Å²) in [7, 11) is 0. The molecule has 0 aliphatic heterocycles. The maximum atomic E-state index is 7.71. The van der Waals surface area contributed by atoms with Crippen LogP contribution in [0.1, 0.15) is 5.56 Å². The van der Waals surface area contributed by atoms with Crippen LogP contribution < -0.4 is 10.5 Å². The van der Waals surface area contributed by atoms with Crippen LogP contribution in [0.2, 0.25) is 0 Å². The lowest BCUT2D eigenvalue weighted by atomic mass is 10.1. The number of nitrogens with one attached hydrogen (secondary N) is 1. The van der Waals surface area contributed by atoms with Gasteiger partial charge in [-0.15, -0.1) is 0 Å². The number of amidine groups is 1. The molecule has 4 nitrogen and oxygen atoms in total. The molecule has 5 heteroatoms. The molecule has 0 radical (unpaired) electrons. The maximum Gasteiger partial charge on any atom is 0.220 e. The second kappa shape index (κ2) is 5.54. The first-order valence-electron chi connectivity index (χ1n) is 6.31. The van der Waals surface area contributed by atoms with Crippen LogP contribution in [-0.2, 0) is 0 Å². The quantitative estimate of drug-likeness (QED) is 0.557. The van der Waals surface area contributed by atoms with Crippen molar-refractivity contribution in [3.05, 3.63) is 64.6 Å². The van der Waals surface area contributed by atoms with E-state index in [2.05, 4.69) is 20.9 Å². The molecule has 0 saturated carbocycles. The van der Waals surface area contributed by atoms with E-state index in [1.165, 1.54) is 0 Å². The predicted octanol–water partition coefficient (Wildman–Crippen LogP) is 4.07. The molecule has 3 aromatic rings. The van der Waals surface area contributed by atoms with Crippen molar-refractivity contribution >= 4 is 32.7 Å². The summed E-state index contributed by atoms with van der Waals surface area (Å²) in [6, 6.07) is 16.7. The van der Waals surface area contributed by atoms with Gasteiger partial charge in [0, 0.05) is 21.5 Å². The van der Waals surface area contributed by atoms with E-state index in [1.54, 1.807) is 6.07 Å². The van der Waals surface area contributed by atoms with Crippen molar-refractivity contribution in [1.82, 2.24) is 4.98 Å². The summed E-state index contributed by atoms with van der Waals surface area (Å²) in [5.41, 5.74) is 7.02. The minimum atomic E-state index is -0.00532. The first-order valence-corrected chi connectivity index (χ1v) is 7.10. The van der Waals surface area contributed by atoms with Crippen molar-refractivity contribution in [3.63, 3.8) is 0 Å². The van der Waals surface area contributed by atoms with Crippen LogP contribution in [-0.4, -0.2) is 10.8 Å². The zero-order valence-electron chi connectivity index (χ0n) is 11.0. The van der Waals surface area contributed by atoms with Crippen LogP contribution >= 0.6 is 15.9 Å². The van der Waals surface area contributed by atoms with Crippen LogP contribution in [0.5, 0.6) is 11.6 Å². The summed E-state index contributed by atoms with van der Waals surface area (Å²) in [6.07, 6.45) is 0. The Labute approximate surface area is 130 Å². The Hall–Kier alpha value is -2.40.